The van der Waals surface area contributed by atoms with E-state index < -0.39 is 0 Å². The summed E-state index contributed by atoms with van der Waals surface area (Å²) >= 11 is 0. The number of hydrogen-bond donors (Lipinski definition) is 0. The third-order valence-corrected chi connectivity index (χ3v) is 4.58. The normalized spacial score (nSPS) is 14.4. The summed E-state index contributed by atoms with van der Waals surface area (Å²) in [6, 6.07) is 7.99. The first-order valence-electron chi connectivity index (χ1n) is 8.14. The van der Waals surface area contributed by atoms with Crippen LogP contribution in [0, 0.1) is 19.7 Å². The van der Waals surface area contributed by atoms with Crippen LogP contribution in [0.5, 0.6) is 0 Å². The first-order valence-corrected chi connectivity index (χ1v) is 8.14. The second kappa shape index (κ2) is 6.63. The van der Waals surface area contributed by atoms with Crippen LogP contribution in [0.15, 0.2) is 30.3 Å². The zero-order valence-corrected chi connectivity index (χ0v) is 14.2. The maximum Gasteiger partial charge on any atom is 0.230 e. The van der Waals surface area contributed by atoms with Crippen LogP contribution in [-0.2, 0) is 16.1 Å². The van der Waals surface area contributed by atoms with Gasteiger partial charge in [0.25, 0.3) is 0 Å². The van der Waals surface area contributed by atoms with Crippen molar-refractivity contribution in [2.24, 2.45) is 0 Å². The summed E-state index contributed by atoms with van der Waals surface area (Å²) in [6.45, 7) is 4.03. The van der Waals surface area contributed by atoms with Gasteiger partial charge in [-0.1, -0.05) is 12.1 Å². The minimum Gasteiger partial charge on any atom is -0.344 e. The Kier molecular flexibility index (Phi) is 4.53. The van der Waals surface area contributed by atoms with Crippen LogP contribution in [-0.4, -0.2) is 33.6 Å². The van der Waals surface area contributed by atoms with Gasteiger partial charge in [0.2, 0.25) is 11.8 Å². The molecule has 3 rings (SSSR count). The average molecular weight is 342 g/mol. The molecule has 1 fully saturated rings. The number of aryl methyl sites for hydroxylation is 1. The van der Waals surface area contributed by atoms with E-state index in [2.05, 4.69) is 0 Å². The van der Waals surface area contributed by atoms with Crippen LogP contribution < -0.4 is 0 Å². The summed E-state index contributed by atoms with van der Waals surface area (Å²) in [5.41, 5.74) is 3.09. The molecular weight excluding hydrogens is 323 g/mol. The van der Waals surface area contributed by atoms with E-state index in [4.69, 9.17) is 0 Å². The molecule has 1 aliphatic heterocycles. The van der Waals surface area contributed by atoms with Crippen LogP contribution in [0.3, 0.4) is 0 Å². The van der Waals surface area contributed by atoms with Crippen molar-refractivity contribution in [3.8, 4) is 0 Å². The fourth-order valence-corrected chi connectivity index (χ4v) is 3.13. The van der Waals surface area contributed by atoms with Crippen LogP contribution >= 0.6 is 0 Å². The zero-order chi connectivity index (χ0) is 18.1. The maximum atomic E-state index is 13.0. The van der Waals surface area contributed by atoms with E-state index in [0.29, 0.717) is 12.1 Å². The van der Waals surface area contributed by atoms with Gasteiger partial charge in [-0.2, -0.15) is 0 Å². The van der Waals surface area contributed by atoms with E-state index in [0.717, 1.165) is 21.9 Å². The highest BCUT2D eigenvalue weighted by Crippen LogP contribution is 2.20. The van der Waals surface area contributed by atoms with E-state index in [-0.39, 0.29) is 42.8 Å². The van der Waals surface area contributed by atoms with Crippen LogP contribution in [0.2, 0.25) is 0 Å². The van der Waals surface area contributed by atoms with Crippen molar-refractivity contribution >= 4 is 17.6 Å². The fourth-order valence-electron chi connectivity index (χ4n) is 3.13. The summed E-state index contributed by atoms with van der Waals surface area (Å²) in [6.07, 6.45) is 0.353. The van der Waals surface area contributed by atoms with Crippen molar-refractivity contribution in [2.45, 2.75) is 33.2 Å². The molecule has 6 heteroatoms. The van der Waals surface area contributed by atoms with Gasteiger partial charge < -0.3 is 4.57 Å². The molecule has 1 aromatic heterocycles. The molecule has 0 radical (unpaired) electrons. The number of halogens is 1. The highest BCUT2D eigenvalue weighted by Gasteiger charge is 2.31. The minimum atomic E-state index is -0.293. The molecule has 1 aliphatic rings. The van der Waals surface area contributed by atoms with Gasteiger partial charge in [0.1, 0.15) is 5.82 Å². The topological polar surface area (TPSA) is 59.4 Å². The van der Waals surface area contributed by atoms with E-state index in [9.17, 15) is 18.8 Å². The SMILES string of the molecule is Cc1cc(C(=O)CN2C(=O)CCC2=O)c(C)n1Cc1ccc(F)cc1. The summed E-state index contributed by atoms with van der Waals surface area (Å²) in [7, 11) is 0. The molecule has 0 atom stereocenters. The first-order chi connectivity index (χ1) is 11.9. The Morgan fingerprint density at radius 3 is 2.28 bits per heavy atom. The molecule has 25 heavy (non-hydrogen) atoms. The highest BCUT2D eigenvalue weighted by atomic mass is 19.1. The van der Waals surface area contributed by atoms with Crippen molar-refractivity contribution in [1.29, 1.82) is 0 Å². The van der Waals surface area contributed by atoms with Crippen LogP contribution in [0.25, 0.3) is 0 Å². The van der Waals surface area contributed by atoms with Crippen LogP contribution in [0.4, 0.5) is 4.39 Å². The van der Waals surface area contributed by atoms with Crippen molar-refractivity contribution in [1.82, 2.24) is 9.47 Å². The summed E-state index contributed by atoms with van der Waals surface area (Å²) < 4.78 is 15.0. The molecule has 0 unspecified atom stereocenters. The molecule has 0 bridgehead atoms. The Morgan fingerprint density at radius 2 is 1.68 bits per heavy atom. The van der Waals surface area contributed by atoms with E-state index >= 15 is 0 Å². The highest BCUT2D eigenvalue weighted by molar-refractivity contribution is 6.08. The Hall–Kier alpha value is -2.76. The van der Waals surface area contributed by atoms with Gasteiger partial charge in [0.05, 0.1) is 6.54 Å². The lowest BCUT2D eigenvalue weighted by Crippen LogP contribution is -2.34. The van der Waals surface area contributed by atoms with Gasteiger partial charge in [-0.05, 0) is 37.6 Å². The smallest absolute Gasteiger partial charge is 0.230 e. The summed E-state index contributed by atoms with van der Waals surface area (Å²) in [5.74, 6) is -1.13. The second-order valence-electron chi connectivity index (χ2n) is 6.29. The van der Waals surface area contributed by atoms with Gasteiger partial charge >= 0.3 is 0 Å². The molecule has 1 saturated heterocycles. The summed E-state index contributed by atoms with van der Waals surface area (Å²) in [5, 5.41) is 0. The molecule has 1 aromatic carbocycles. The number of carbonyl (C=O) groups excluding carboxylic acids is 3. The van der Waals surface area contributed by atoms with Crippen LogP contribution in [0.1, 0.15) is 40.2 Å². The number of amides is 2. The third-order valence-electron chi connectivity index (χ3n) is 4.58. The fraction of sp³-hybridized carbons (Fsp3) is 0.316. The Morgan fingerprint density at radius 1 is 1.08 bits per heavy atom. The lowest BCUT2D eigenvalue weighted by molar-refractivity contribution is -0.137. The molecule has 2 aromatic rings. The van der Waals surface area contributed by atoms with E-state index in [1.807, 2.05) is 18.4 Å². The maximum absolute atomic E-state index is 13.0. The molecule has 2 heterocycles. The van der Waals surface area contributed by atoms with Gasteiger partial charge in [0.15, 0.2) is 5.78 Å². The zero-order valence-electron chi connectivity index (χ0n) is 14.2. The Balaban J connectivity index is 1.81. The molecule has 130 valence electrons. The molecule has 0 aliphatic carbocycles. The van der Waals surface area contributed by atoms with Gasteiger partial charge in [-0.15, -0.1) is 0 Å². The number of imide groups is 1. The standard InChI is InChI=1S/C19H19FN2O3/c1-12-9-16(17(23)11-22-18(24)7-8-19(22)25)13(2)21(12)10-14-3-5-15(20)6-4-14/h3-6,9H,7-8,10-11H2,1-2H3. The lowest BCUT2D eigenvalue weighted by Gasteiger charge is -2.13. The monoisotopic (exact) mass is 342 g/mol. The minimum absolute atomic E-state index is 0.176. The Bertz CT molecular complexity index is 836. The molecule has 0 spiro atoms. The summed E-state index contributed by atoms with van der Waals surface area (Å²) in [4.78, 5) is 37.0. The number of likely N-dealkylation sites (tertiary alicyclic amines) is 1. The molecule has 5 nitrogen and oxygen atoms in total. The number of hydrogen-bond acceptors (Lipinski definition) is 3. The van der Waals surface area contributed by atoms with Crippen molar-refractivity contribution in [3.63, 3.8) is 0 Å². The first kappa shape index (κ1) is 17.1. The van der Waals surface area contributed by atoms with Gasteiger partial charge in [-0.25, -0.2) is 4.39 Å². The van der Waals surface area contributed by atoms with E-state index in [1.165, 1.54) is 12.1 Å². The lowest BCUT2D eigenvalue weighted by atomic mass is 10.1. The quantitative estimate of drug-likeness (QED) is 0.620. The molecular formula is C19H19FN2O3. The largest absolute Gasteiger partial charge is 0.344 e. The number of carbonyl (C=O) groups is 3. The second-order valence-corrected chi connectivity index (χ2v) is 6.29. The Labute approximate surface area is 145 Å². The molecule has 0 N–H and O–H groups in total. The third kappa shape index (κ3) is 3.38. The molecule has 2 amide bonds. The van der Waals surface area contributed by atoms with Crippen molar-refractivity contribution in [3.05, 3.63) is 58.7 Å². The number of rotatable bonds is 5. The number of ketones is 1. The predicted octanol–water partition coefficient (Wildman–Crippen LogP) is 2.62. The van der Waals surface area contributed by atoms with Crippen molar-refractivity contribution in [2.75, 3.05) is 6.54 Å². The van der Waals surface area contributed by atoms with Gasteiger partial charge in [0, 0.05) is 36.3 Å². The predicted molar refractivity (Wildman–Crippen MR) is 89.7 cm³/mol. The number of nitrogens with zero attached hydrogens (tertiary/aromatic N) is 2. The number of Topliss-reactive ketones (excluding diaryl/α,β-unsaturated/α-hetero) is 1. The van der Waals surface area contributed by atoms with Gasteiger partial charge in [-0.3, -0.25) is 19.3 Å². The van der Waals surface area contributed by atoms with E-state index in [1.54, 1.807) is 18.2 Å². The number of aromatic nitrogens is 1. The number of benzene rings is 1. The molecule has 0 saturated carbocycles. The van der Waals surface area contributed by atoms with Crippen molar-refractivity contribution < 1.29 is 18.8 Å². The average Bonchev–Trinajstić information content (AvgIpc) is 3.04.